The van der Waals surface area contributed by atoms with Crippen LogP contribution in [0.1, 0.15) is 36.0 Å². The van der Waals surface area contributed by atoms with Crippen molar-refractivity contribution in [1.82, 2.24) is 5.32 Å². The highest BCUT2D eigenvalue weighted by molar-refractivity contribution is 9.10. The first-order chi connectivity index (χ1) is 9.13. The Labute approximate surface area is 121 Å². The highest BCUT2D eigenvalue weighted by Crippen LogP contribution is 2.30. The Kier molecular flexibility index (Phi) is 4.82. The van der Waals surface area contributed by atoms with E-state index in [1.807, 2.05) is 13.1 Å². The van der Waals surface area contributed by atoms with Gasteiger partial charge in [0.25, 0.3) is 5.91 Å². The summed E-state index contributed by atoms with van der Waals surface area (Å²) in [6.45, 7) is 0. The molecule has 0 aliphatic heterocycles. The topological polar surface area (TPSA) is 64.3 Å². The molecule has 1 saturated carbocycles. The number of likely N-dealkylation sites (N-methyl/N-ethyl adjacent to an activating group) is 1. The third kappa shape index (κ3) is 3.28. The molecule has 4 nitrogen and oxygen atoms in total. The summed E-state index contributed by atoms with van der Waals surface area (Å²) < 4.78 is 6.71. The first kappa shape index (κ1) is 14.3. The second kappa shape index (κ2) is 6.39. The predicted molar refractivity (Wildman–Crippen MR) is 78.4 cm³/mol. The van der Waals surface area contributed by atoms with Crippen molar-refractivity contribution < 1.29 is 9.53 Å². The van der Waals surface area contributed by atoms with Crippen LogP contribution in [0.4, 0.5) is 0 Å². The van der Waals surface area contributed by atoms with E-state index in [-0.39, 0.29) is 6.10 Å². The lowest BCUT2D eigenvalue weighted by Gasteiger charge is -2.32. The Hall–Kier alpha value is -1.07. The molecule has 0 spiro atoms. The van der Waals surface area contributed by atoms with Gasteiger partial charge in [0.2, 0.25) is 0 Å². The Bertz CT molecular complexity index is 465. The summed E-state index contributed by atoms with van der Waals surface area (Å²) in [5, 5.41) is 3.28. The largest absolute Gasteiger partial charge is 0.488 e. The summed E-state index contributed by atoms with van der Waals surface area (Å²) in [5.41, 5.74) is 5.84. The molecule has 0 heterocycles. The molecular weight excluding hydrogens is 308 g/mol. The number of nitrogens with two attached hydrogens (primary N) is 1. The molecule has 0 aromatic heterocycles. The number of primary amides is 1. The Morgan fingerprint density at radius 2 is 2.16 bits per heavy atom. The fraction of sp³-hybridized carbons (Fsp3) is 0.500. The molecule has 1 aliphatic carbocycles. The number of benzene rings is 1. The maximum atomic E-state index is 11.5. The van der Waals surface area contributed by atoms with Crippen LogP contribution >= 0.6 is 15.9 Å². The van der Waals surface area contributed by atoms with Crippen molar-refractivity contribution in [3.8, 4) is 5.75 Å². The highest BCUT2D eigenvalue weighted by Gasteiger charge is 2.27. The third-order valence-corrected chi connectivity index (χ3v) is 4.23. The first-order valence-corrected chi connectivity index (χ1v) is 7.35. The van der Waals surface area contributed by atoms with E-state index in [1.54, 1.807) is 12.1 Å². The van der Waals surface area contributed by atoms with Gasteiger partial charge >= 0.3 is 0 Å². The standard InChI is InChI=1S/C14H19BrN2O2/c1-17-10-6-2-3-7-11(10)19-12-8-4-5-9(15)13(12)14(16)18/h4-5,8,10-11,17H,2-3,6-7H2,1H3,(H2,16,18). The molecule has 2 unspecified atom stereocenters. The second-order valence-corrected chi connectivity index (χ2v) is 5.67. The number of hydrogen-bond donors (Lipinski definition) is 2. The lowest BCUT2D eigenvalue weighted by atomic mass is 9.92. The van der Waals surface area contributed by atoms with Crippen LogP contribution in [-0.4, -0.2) is 25.1 Å². The lowest BCUT2D eigenvalue weighted by molar-refractivity contribution is 0.0969. The normalized spacial score (nSPS) is 23.1. The van der Waals surface area contributed by atoms with Gasteiger partial charge in [-0.05, 0) is 54.4 Å². The van der Waals surface area contributed by atoms with E-state index in [1.165, 1.54) is 6.42 Å². The van der Waals surface area contributed by atoms with E-state index < -0.39 is 5.91 Å². The average Bonchev–Trinajstić information content (AvgIpc) is 2.39. The first-order valence-electron chi connectivity index (χ1n) is 6.55. The molecule has 3 N–H and O–H groups in total. The van der Waals surface area contributed by atoms with Crippen molar-refractivity contribution in [2.45, 2.75) is 37.8 Å². The number of halogens is 1. The zero-order chi connectivity index (χ0) is 13.8. The minimum atomic E-state index is -0.473. The van der Waals surface area contributed by atoms with E-state index in [2.05, 4.69) is 21.2 Å². The van der Waals surface area contributed by atoms with E-state index in [0.29, 0.717) is 21.8 Å². The van der Waals surface area contributed by atoms with Gasteiger partial charge in [0, 0.05) is 10.5 Å². The molecule has 0 saturated heterocycles. The zero-order valence-corrected chi connectivity index (χ0v) is 12.6. The maximum Gasteiger partial charge on any atom is 0.253 e. The number of ether oxygens (including phenoxy) is 1. The van der Waals surface area contributed by atoms with Gasteiger partial charge in [-0.15, -0.1) is 0 Å². The smallest absolute Gasteiger partial charge is 0.253 e. The van der Waals surface area contributed by atoms with Crippen LogP contribution in [-0.2, 0) is 0 Å². The van der Waals surface area contributed by atoms with Gasteiger partial charge in [-0.25, -0.2) is 0 Å². The molecule has 2 rings (SSSR count). The van der Waals surface area contributed by atoms with Gasteiger partial charge in [0.1, 0.15) is 11.9 Å². The number of nitrogens with one attached hydrogen (secondary N) is 1. The fourth-order valence-electron chi connectivity index (χ4n) is 2.57. The quantitative estimate of drug-likeness (QED) is 0.893. The van der Waals surface area contributed by atoms with Crippen LogP contribution in [0.15, 0.2) is 22.7 Å². The fourth-order valence-corrected chi connectivity index (χ4v) is 3.12. The van der Waals surface area contributed by atoms with Crippen molar-refractivity contribution in [3.63, 3.8) is 0 Å². The number of amides is 1. The van der Waals surface area contributed by atoms with Gasteiger partial charge < -0.3 is 15.8 Å². The summed E-state index contributed by atoms with van der Waals surface area (Å²) in [5.74, 6) is 0.0910. The minimum Gasteiger partial charge on any atom is -0.488 e. The molecule has 0 radical (unpaired) electrons. The van der Waals surface area contributed by atoms with Gasteiger partial charge in [0.15, 0.2) is 0 Å². The van der Waals surface area contributed by atoms with E-state index in [9.17, 15) is 4.79 Å². The summed E-state index contributed by atoms with van der Waals surface area (Å²) in [6.07, 6.45) is 4.55. The van der Waals surface area contributed by atoms with Crippen LogP contribution in [0.25, 0.3) is 0 Å². The minimum absolute atomic E-state index is 0.0890. The molecule has 5 heteroatoms. The number of hydrogen-bond acceptors (Lipinski definition) is 3. The number of carbonyl (C=O) groups excluding carboxylic acids is 1. The van der Waals surface area contributed by atoms with E-state index >= 15 is 0 Å². The van der Waals surface area contributed by atoms with Crippen LogP contribution in [0.3, 0.4) is 0 Å². The molecule has 2 atom stereocenters. The molecule has 1 aliphatic rings. The SMILES string of the molecule is CNC1CCCCC1Oc1cccc(Br)c1C(N)=O. The van der Waals surface area contributed by atoms with Crippen LogP contribution in [0, 0.1) is 0 Å². The van der Waals surface area contributed by atoms with E-state index in [0.717, 1.165) is 19.3 Å². The van der Waals surface area contributed by atoms with Gasteiger partial charge in [-0.3, -0.25) is 4.79 Å². The van der Waals surface area contributed by atoms with Crippen molar-refractivity contribution in [3.05, 3.63) is 28.2 Å². The van der Waals surface area contributed by atoms with Crippen molar-refractivity contribution in [2.75, 3.05) is 7.05 Å². The average molecular weight is 327 g/mol. The summed E-state index contributed by atoms with van der Waals surface area (Å²) >= 11 is 3.35. The molecular formula is C14H19BrN2O2. The predicted octanol–water partition coefficient (Wildman–Crippen LogP) is 2.46. The number of carbonyl (C=O) groups is 1. The molecule has 104 valence electrons. The molecule has 1 aromatic rings. The van der Waals surface area contributed by atoms with Gasteiger partial charge in [0.05, 0.1) is 5.56 Å². The van der Waals surface area contributed by atoms with Crippen molar-refractivity contribution in [1.29, 1.82) is 0 Å². The third-order valence-electron chi connectivity index (χ3n) is 3.57. The summed E-state index contributed by atoms with van der Waals surface area (Å²) in [6, 6.07) is 5.77. The summed E-state index contributed by atoms with van der Waals surface area (Å²) in [4.78, 5) is 11.5. The molecule has 1 fully saturated rings. The Morgan fingerprint density at radius 3 is 2.84 bits per heavy atom. The Morgan fingerprint density at radius 1 is 1.42 bits per heavy atom. The lowest BCUT2D eigenvalue weighted by Crippen LogP contribution is -2.43. The van der Waals surface area contributed by atoms with E-state index in [4.69, 9.17) is 10.5 Å². The number of rotatable bonds is 4. The van der Waals surface area contributed by atoms with Crippen LogP contribution in [0.2, 0.25) is 0 Å². The Balaban J connectivity index is 2.22. The molecule has 0 bridgehead atoms. The van der Waals surface area contributed by atoms with Crippen molar-refractivity contribution >= 4 is 21.8 Å². The molecule has 1 aromatic carbocycles. The maximum absolute atomic E-state index is 11.5. The van der Waals surface area contributed by atoms with Crippen molar-refractivity contribution in [2.24, 2.45) is 5.73 Å². The highest BCUT2D eigenvalue weighted by atomic mass is 79.9. The molecule has 19 heavy (non-hydrogen) atoms. The summed E-state index contributed by atoms with van der Waals surface area (Å²) in [7, 11) is 1.95. The molecule has 1 amide bonds. The second-order valence-electron chi connectivity index (χ2n) is 4.81. The van der Waals surface area contributed by atoms with Crippen LogP contribution in [0.5, 0.6) is 5.75 Å². The van der Waals surface area contributed by atoms with Crippen LogP contribution < -0.4 is 15.8 Å². The monoisotopic (exact) mass is 326 g/mol. The van der Waals surface area contributed by atoms with Gasteiger partial charge in [-0.1, -0.05) is 12.5 Å². The zero-order valence-electron chi connectivity index (χ0n) is 11.0. The van der Waals surface area contributed by atoms with Gasteiger partial charge in [-0.2, -0.15) is 0 Å².